The Morgan fingerprint density at radius 2 is 2.36 bits per heavy atom. The van der Waals surface area contributed by atoms with Gasteiger partial charge in [0, 0.05) is 12.8 Å². The highest BCUT2D eigenvalue weighted by atomic mass is 16.7. The lowest BCUT2D eigenvalue weighted by Crippen LogP contribution is -2.29. The molecule has 1 rings (SSSR count). The zero-order chi connectivity index (χ0) is 8.43. The SMILES string of the molecule is CC(=O)OC1OC[C@H](C)[C@H]1O. The van der Waals surface area contributed by atoms with Crippen LogP contribution in [0.2, 0.25) is 0 Å². The predicted molar refractivity (Wildman–Crippen MR) is 36.7 cm³/mol. The average molecular weight is 160 g/mol. The third kappa shape index (κ3) is 1.91. The summed E-state index contributed by atoms with van der Waals surface area (Å²) in [4.78, 5) is 10.4. The maximum Gasteiger partial charge on any atom is 0.305 e. The van der Waals surface area contributed by atoms with Gasteiger partial charge in [0.1, 0.15) is 6.10 Å². The van der Waals surface area contributed by atoms with Crippen LogP contribution in [-0.4, -0.2) is 30.1 Å². The van der Waals surface area contributed by atoms with Crippen molar-refractivity contribution >= 4 is 5.97 Å². The molecule has 1 N–H and O–H groups in total. The topological polar surface area (TPSA) is 55.8 Å². The molecule has 0 saturated carbocycles. The molecule has 0 aliphatic carbocycles. The van der Waals surface area contributed by atoms with Gasteiger partial charge in [-0.25, -0.2) is 0 Å². The van der Waals surface area contributed by atoms with Crippen molar-refractivity contribution in [3.05, 3.63) is 0 Å². The van der Waals surface area contributed by atoms with Crippen molar-refractivity contribution in [3.63, 3.8) is 0 Å². The van der Waals surface area contributed by atoms with Crippen molar-refractivity contribution in [1.29, 1.82) is 0 Å². The van der Waals surface area contributed by atoms with Crippen LogP contribution in [0.1, 0.15) is 13.8 Å². The molecule has 0 amide bonds. The molecule has 3 atom stereocenters. The summed E-state index contributed by atoms with van der Waals surface area (Å²) in [6.07, 6.45) is -1.44. The Morgan fingerprint density at radius 3 is 2.73 bits per heavy atom. The molecule has 0 aromatic rings. The van der Waals surface area contributed by atoms with Crippen LogP contribution in [-0.2, 0) is 14.3 Å². The molecule has 0 aromatic heterocycles. The van der Waals surface area contributed by atoms with Crippen molar-refractivity contribution in [1.82, 2.24) is 0 Å². The van der Waals surface area contributed by atoms with E-state index in [1.54, 1.807) is 0 Å². The first-order chi connectivity index (χ1) is 5.11. The summed E-state index contributed by atoms with van der Waals surface area (Å²) in [5.41, 5.74) is 0. The maximum absolute atomic E-state index is 10.4. The Morgan fingerprint density at radius 1 is 1.73 bits per heavy atom. The molecule has 1 fully saturated rings. The Bertz CT molecular complexity index is 157. The van der Waals surface area contributed by atoms with Gasteiger partial charge >= 0.3 is 5.97 Å². The van der Waals surface area contributed by atoms with E-state index in [0.29, 0.717) is 6.61 Å². The minimum Gasteiger partial charge on any atom is -0.433 e. The quantitative estimate of drug-likeness (QED) is 0.544. The van der Waals surface area contributed by atoms with Gasteiger partial charge in [0.2, 0.25) is 6.29 Å². The number of rotatable bonds is 1. The van der Waals surface area contributed by atoms with Gasteiger partial charge in [-0.05, 0) is 0 Å². The third-order valence-electron chi connectivity index (χ3n) is 1.67. The fourth-order valence-corrected chi connectivity index (χ4v) is 0.979. The molecule has 4 nitrogen and oxygen atoms in total. The number of hydrogen-bond acceptors (Lipinski definition) is 4. The van der Waals surface area contributed by atoms with E-state index < -0.39 is 18.4 Å². The molecule has 1 saturated heterocycles. The van der Waals surface area contributed by atoms with Gasteiger partial charge in [0.25, 0.3) is 0 Å². The Hall–Kier alpha value is -0.610. The van der Waals surface area contributed by atoms with Gasteiger partial charge in [0.05, 0.1) is 6.61 Å². The lowest BCUT2D eigenvalue weighted by Gasteiger charge is -2.14. The van der Waals surface area contributed by atoms with Crippen LogP contribution in [0.3, 0.4) is 0 Å². The van der Waals surface area contributed by atoms with E-state index in [9.17, 15) is 9.90 Å². The Labute approximate surface area is 65.1 Å². The summed E-state index contributed by atoms with van der Waals surface area (Å²) < 4.78 is 9.68. The number of aliphatic hydroxyl groups is 1. The highest BCUT2D eigenvalue weighted by molar-refractivity contribution is 5.66. The van der Waals surface area contributed by atoms with E-state index >= 15 is 0 Å². The van der Waals surface area contributed by atoms with Crippen molar-refractivity contribution in [2.24, 2.45) is 5.92 Å². The standard InChI is InChI=1S/C7H12O4/c1-4-3-10-7(6(4)9)11-5(2)8/h4,6-7,9H,3H2,1-2H3/t4-,6+,7?/m0/s1. The largest absolute Gasteiger partial charge is 0.433 e. The van der Waals surface area contributed by atoms with Gasteiger partial charge in [-0.2, -0.15) is 0 Å². The van der Waals surface area contributed by atoms with E-state index in [-0.39, 0.29) is 5.92 Å². The van der Waals surface area contributed by atoms with Crippen LogP contribution in [0.5, 0.6) is 0 Å². The van der Waals surface area contributed by atoms with E-state index in [0.717, 1.165) is 0 Å². The van der Waals surface area contributed by atoms with Crippen molar-refractivity contribution in [3.8, 4) is 0 Å². The molecular formula is C7H12O4. The lowest BCUT2D eigenvalue weighted by atomic mass is 10.1. The van der Waals surface area contributed by atoms with Crippen LogP contribution in [0.4, 0.5) is 0 Å². The summed E-state index contributed by atoms with van der Waals surface area (Å²) in [5, 5.41) is 9.30. The van der Waals surface area contributed by atoms with Crippen molar-refractivity contribution < 1.29 is 19.4 Å². The summed E-state index contributed by atoms with van der Waals surface area (Å²) in [7, 11) is 0. The van der Waals surface area contributed by atoms with E-state index in [1.165, 1.54) is 6.92 Å². The highest BCUT2D eigenvalue weighted by Crippen LogP contribution is 2.20. The number of carbonyl (C=O) groups is 1. The minimum absolute atomic E-state index is 0.0411. The molecule has 0 spiro atoms. The zero-order valence-electron chi connectivity index (χ0n) is 6.61. The second-order valence-electron chi connectivity index (χ2n) is 2.78. The van der Waals surface area contributed by atoms with Gasteiger partial charge in [-0.15, -0.1) is 0 Å². The lowest BCUT2D eigenvalue weighted by molar-refractivity contribution is -0.179. The summed E-state index contributed by atoms with van der Waals surface area (Å²) >= 11 is 0. The second kappa shape index (κ2) is 3.19. The fourth-order valence-electron chi connectivity index (χ4n) is 0.979. The molecule has 1 unspecified atom stereocenters. The highest BCUT2D eigenvalue weighted by Gasteiger charge is 2.34. The summed E-state index contributed by atoms with van der Waals surface area (Å²) in [6.45, 7) is 3.58. The van der Waals surface area contributed by atoms with Crippen LogP contribution in [0.15, 0.2) is 0 Å². The number of hydrogen-bond donors (Lipinski definition) is 1. The average Bonchev–Trinajstić information content (AvgIpc) is 2.18. The predicted octanol–water partition coefficient (Wildman–Crippen LogP) is -0.0972. The normalized spacial score (nSPS) is 37.2. The van der Waals surface area contributed by atoms with Gasteiger partial charge < -0.3 is 14.6 Å². The van der Waals surface area contributed by atoms with Crippen LogP contribution < -0.4 is 0 Å². The summed E-state index contributed by atoms with van der Waals surface area (Å²) in [5.74, 6) is -0.387. The van der Waals surface area contributed by atoms with Gasteiger partial charge in [-0.1, -0.05) is 6.92 Å². The molecule has 11 heavy (non-hydrogen) atoms. The minimum atomic E-state index is -0.762. The van der Waals surface area contributed by atoms with Crippen molar-refractivity contribution in [2.45, 2.75) is 26.2 Å². The molecule has 4 heteroatoms. The van der Waals surface area contributed by atoms with E-state index in [4.69, 9.17) is 4.74 Å². The third-order valence-corrected chi connectivity index (χ3v) is 1.67. The first-order valence-electron chi connectivity index (χ1n) is 3.58. The first kappa shape index (κ1) is 8.49. The summed E-state index contributed by atoms with van der Waals surface area (Å²) in [6, 6.07) is 0. The van der Waals surface area contributed by atoms with E-state index in [1.807, 2.05) is 6.92 Å². The first-order valence-corrected chi connectivity index (χ1v) is 3.58. The van der Waals surface area contributed by atoms with Gasteiger partial charge in [-0.3, -0.25) is 4.79 Å². The van der Waals surface area contributed by atoms with Gasteiger partial charge in [0.15, 0.2) is 0 Å². The second-order valence-corrected chi connectivity index (χ2v) is 2.78. The number of ether oxygens (including phenoxy) is 2. The van der Waals surface area contributed by atoms with E-state index in [2.05, 4.69) is 4.74 Å². The molecule has 0 radical (unpaired) electrons. The molecule has 64 valence electrons. The van der Waals surface area contributed by atoms with Crippen LogP contribution >= 0.6 is 0 Å². The van der Waals surface area contributed by atoms with Crippen LogP contribution in [0, 0.1) is 5.92 Å². The molecule has 1 aliphatic heterocycles. The molecule has 1 heterocycles. The zero-order valence-corrected chi connectivity index (χ0v) is 6.61. The molecule has 1 aliphatic rings. The van der Waals surface area contributed by atoms with Crippen molar-refractivity contribution in [2.75, 3.05) is 6.61 Å². The Kier molecular flexibility index (Phi) is 2.46. The number of carbonyl (C=O) groups excluding carboxylic acids is 1. The smallest absolute Gasteiger partial charge is 0.305 e. The number of esters is 1. The monoisotopic (exact) mass is 160 g/mol. The fraction of sp³-hybridized carbons (Fsp3) is 0.857. The van der Waals surface area contributed by atoms with Crippen LogP contribution in [0.25, 0.3) is 0 Å². The molecular weight excluding hydrogens is 148 g/mol. The molecule has 0 aromatic carbocycles. The maximum atomic E-state index is 10.4. The molecule has 0 bridgehead atoms. The number of aliphatic hydroxyl groups excluding tert-OH is 1. The Balaban J connectivity index is 2.42.